The first-order valence-corrected chi connectivity index (χ1v) is 8.42. The minimum absolute atomic E-state index is 0.199. The number of nitrogens with zero attached hydrogens (tertiary/aromatic N) is 1. The number of halogens is 2. The summed E-state index contributed by atoms with van der Waals surface area (Å²) in [5.74, 6) is -0.866. The molecule has 1 N–H and O–H groups in total. The topological polar surface area (TPSA) is 36.1 Å². The maximum Gasteiger partial charge on any atom is 0.257 e. The highest BCUT2D eigenvalue weighted by atomic mass is 19.1. The molecule has 0 fully saturated rings. The number of benzene rings is 2. The Morgan fingerprint density at radius 3 is 2.50 bits per heavy atom. The lowest BCUT2D eigenvalue weighted by atomic mass is 9.82. The zero-order valence-electron chi connectivity index (χ0n) is 14.5. The van der Waals surface area contributed by atoms with Crippen LogP contribution in [0.15, 0.2) is 48.7 Å². The lowest BCUT2D eigenvalue weighted by molar-refractivity contribution is 0.0801. The second kappa shape index (κ2) is 5.80. The van der Waals surface area contributed by atoms with E-state index in [1.165, 1.54) is 36.4 Å². The highest BCUT2D eigenvalue weighted by molar-refractivity contribution is 5.96. The SMILES string of the molecule is CC1(C)CN(C(=O)c2ccc(F)cc2)C=Cc2[nH]c3ccc(F)cc3c21. The number of carbonyl (C=O) groups is 1. The van der Waals surface area contributed by atoms with Crippen LogP contribution in [0.1, 0.15) is 35.5 Å². The van der Waals surface area contributed by atoms with Gasteiger partial charge in [0.05, 0.1) is 0 Å². The highest BCUT2D eigenvalue weighted by Crippen LogP contribution is 2.37. The van der Waals surface area contributed by atoms with Crippen molar-refractivity contribution >= 4 is 22.9 Å². The maximum atomic E-state index is 13.8. The van der Waals surface area contributed by atoms with Gasteiger partial charge in [0.2, 0.25) is 0 Å². The highest BCUT2D eigenvalue weighted by Gasteiger charge is 2.33. The summed E-state index contributed by atoms with van der Waals surface area (Å²) in [6.45, 7) is 4.49. The molecule has 0 spiro atoms. The summed E-state index contributed by atoms with van der Waals surface area (Å²) in [4.78, 5) is 17.7. The van der Waals surface area contributed by atoms with Crippen LogP contribution in [-0.4, -0.2) is 22.3 Å². The molecule has 132 valence electrons. The van der Waals surface area contributed by atoms with E-state index < -0.39 is 5.41 Å². The van der Waals surface area contributed by atoms with E-state index in [2.05, 4.69) is 4.98 Å². The third kappa shape index (κ3) is 2.69. The molecule has 1 amide bonds. The fourth-order valence-corrected chi connectivity index (χ4v) is 3.66. The van der Waals surface area contributed by atoms with Gasteiger partial charge >= 0.3 is 0 Å². The molecular formula is C21H18F2N2O. The van der Waals surface area contributed by atoms with Crippen LogP contribution in [0.5, 0.6) is 0 Å². The van der Waals surface area contributed by atoms with Gasteiger partial charge in [0.25, 0.3) is 5.91 Å². The monoisotopic (exact) mass is 352 g/mol. The summed E-state index contributed by atoms with van der Waals surface area (Å²) in [5.41, 5.74) is 2.74. The van der Waals surface area contributed by atoms with Crippen molar-refractivity contribution in [1.29, 1.82) is 0 Å². The molecule has 3 aromatic rings. The van der Waals surface area contributed by atoms with Crippen molar-refractivity contribution in [3.05, 3.63) is 77.1 Å². The summed E-state index contributed by atoms with van der Waals surface area (Å²) in [6.07, 6.45) is 3.56. The lowest BCUT2D eigenvalue weighted by Gasteiger charge is -2.29. The first kappa shape index (κ1) is 16.5. The molecule has 3 nitrogen and oxygen atoms in total. The van der Waals surface area contributed by atoms with Crippen LogP contribution >= 0.6 is 0 Å². The Balaban J connectivity index is 1.76. The molecule has 1 aliphatic heterocycles. The minimum Gasteiger partial charge on any atom is -0.355 e. The number of hydrogen-bond donors (Lipinski definition) is 1. The van der Waals surface area contributed by atoms with Crippen LogP contribution in [0, 0.1) is 11.6 Å². The van der Waals surface area contributed by atoms with Crippen molar-refractivity contribution in [3.8, 4) is 0 Å². The van der Waals surface area contributed by atoms with E-state index in [1.54, 1.807) is 17.2 Å². The average molecular weight is 352 g/mol. The smallest absolute Gasteiger partial charge is 0.257 e. The van der Waals surface area contributed by atoms with Crippen molar-refractivity contribution < 1.29 is 13.6 Å². The van der Waals surface area contributed by atoms with Gasteiger partial charge in [-0.25, -0.2) is 8.78 Å². The van der Waals surface area contributed by atoms with Crippen LogP contribution < -0.4 is 0 Å². The van der Waals surface area contributed by atoms with Gasteiger partial charge in [-0.1, -0.05) is 13.8 Å². The van der Waals surface area contributed by atoms with Crippen molar-refractivity contribution in [3.63, 3.8) is 0 Å². The molecule has 2 heterocycles. The van der Waals surface area contributed by atoms with Crippen LogP contribution in [0.2, 0.25) is 0 Å². The molecule has 4 rings (SSSR count). The Kier molecular flexibility index (Phi) is 3.68. The number of aromatic amines is 1. The van der Waals surface area contributed by atoms with Crippen LogP contribution in [-0.2, 0) is 5.41 Å². The van der Waals surface area contributed by atoms with Crippen molar-refractivity contribution in [2.24, 2.45) is 0 Å². The number of H-pyrrole nitrogens is 1. The Morgan fingerprint density at radius 1 is 1.08 bits per heavy atom. The van der Waals surface area contributed by atoms with E-state index in [0.717, 1.165) is 22.2 Å². The number of aromatic nitrogens is 1. The normalized spacial score (nSPS) is 15.8. The Morgan fingerprint density at radius 2 is 1.77 bits per heavy atom. The fraction of sp³-hybridized carbons (Fsp3) is 0.190. The zero-order chi connectivity index (χ0) is 18.5. The maximum absolute atomic E-state index is 13.8. The molecule has 0 unspecified atom stereocenters. The standard InChI is InChI=1S/C21H18F2N2O/c1-21(2)12-25(20(26)13-3-5-14(22)6-4-13)10-9-18-19(21)16-11-15(23)7-8-17(16)24-18/h3-11,24H,12H2,1-2H3. The molecule has 0 atom stereocenters. The number of fused-ring (bicyclic) bond motifs is 3. The second-order valence-corrected chi connectivity index (χ2v) is 7.24. The summed E-state index contributed by atoms with van der Waals surface area (Å²) >= 11 is 0. The van der Waals surface area contributed by atoms with E-state index in [4.69, 9.17) is 0 Å². The molecule has 0 radical (unpaired) electrons. The second-order valence-electron chi connectivity index (χ2n) is 7.24. The Labute approximate surface area is 149 Å². The zero-order valence-corrected chi connectivity index (χ0v) is 14.5. The molecule has 0 saturated heterocycles. The molecule has 2 aromatic carbocycles. The number of rotatable bonds is 1. The first-order chi connectivity index (χ1) is 12.3. The summed E-state index contributed by atoms with van der Waals surface area (Å²) < 4.78 is 26.9. The van der Waals surface area contributed by atoms with Gasteiger partial charge < -0.3 is 9.88 Å². The molecule has 0 saturated carbocycles. The molecule has 1 aromatic heterocycles. The van der Waals surface area contributed by atoms with Crippen molar-refractivity contribution in [2.75, 3.05) is 6.54 Å². The Hall–Kier alpha value is -2.95. The molecular weight excluding hydrogens is 334 g/mol. The predicted octanol–water partition coefficient (Wildman–Crippen LogP) is 4.85. The van der Waals surface area contributed by atoms with Gasteiger partial charge in [0, 0.05) is 40.3 Å². The molecule has 0 aliphatic carbocycles. The van der Waals surface area contributed by atoms with E-state index in [0.29, 0.717) is 12.1 Å². The lowest BCUT2D eigenvalue weighted by Crippen LogP contribution is -2.36. The van der Waals surface area contributed by atoms with Gasteiger partial charge in [-0.3, -0.25) is 4.79 Å². The van der Waals surface area contributed by atoms with E-state index in [9.17, 15) is 13.6 Å². The number of amides is 1. The van der Waals surface area contributed by atoms with E-state index in [-0.39, 0.29) is 17.5 Å². The Bertz CT molecular complexity index is 1030. The van der Waals surface area contributed by atoms with Gasteiger partial charge in [0.15, 0.2) is 0 Å². The summed E-state index contributed by atoms with van der Waals surface area (Å²) in [7, 11) is 0. The number of carbonyl (C=O) groups excluding carboxylic acids is 1. The van der Waals surface area contributed by atoms with Gasteiger partial charge in [-0.15, -0.1) is 0 Å². The van der Waals surface area contributed by atoms with Crippen LogP contribution in [0.3, 0.4) is 0 Å². The average Bonchev–Trinajstić information content (AvgIpc) is 2.90. The van der Waals surface area contributed by atoms with E-state index >= 15 is 0 Å². The summed E-state index contributed by atoms with van der Waals surface area (Å²) in [5, 5.41) is 0.825. The van der Waals surface area contributed by atoms with Gasteiger partial charge in [-0.05, 0) is 54.1 Å². The van der Waals surface area contributed by atoms with Crippen molar-refractivity contribution in [2.45, 2.75) is 19.3 Å². The number of hydrogen-bond acceptors (Lipinski definition) is 1. The quantitative estimate of drug-likeness (QED) is 0.668. The van der Waals surface area contributed by atoms with Crippen LogP contribution in [0.4, 0.5) is 8.78 Å². The number of nitrogens with one attached hydrogen (secondary N) is 1. The molecule has 1 aliphatic rings. The largest absolute Gasteiger partial charge is 0.355 e. The first-order valence-electron chi connectivity index (χ1n) is 8.42. The third-order valence-electron chi connectivity index (χ3n) is 4.81. The molecule has 26 heavy (non-hydrogen) atoms. The third-order valence-corrected chi connectivity index (χ3v) is 4.81. The predicted molar refractivity (Wildman–Crippen MR) is 97.8 cm³/mol. The molecule has 5 heteroatoms. The fourth-order valence-electron chi connectivity index (χ4n) is 3.66. The van der Waals surface area contributed by atoms with Gasteiger partial charge in [0.1, 0.15) is 11.6 Å². The van der Waals surface area contributed by atoms with Crippen LogP contribution in [0.25, 0.3) is 17.0 Å². The molecule has 0 bridgehead atoms. The summed E-state index contributed by atoms with van der Waals surface area (Å²) in [6, 6.07) is 10.2. The van der Waals surface area contributed by atoms with E-state index in [1.807, 2.05) is 19.9 Å². The van der Waals surface area contributed by atoms with Crippen molar-refractivity contribution in [1.82, 2.24) is 9.88 Å². The minimum atomic E-state index is -0.402. The van der Waals surface area contributed by atoms with Gasteiger partial charge in [-0.2, -0.15) is 0 Å².